The first-order valence-corrected chi connectivity index (χ1v) is 23.9. The van der Waals surface area contributed by atoms with Crippen molar-refractivity contribution in [3.8, 4) is 0 Å². The molecule has 4 heterocycles. The van der Waals surface area contributed by atoms with E-state index in [-0.39, 0.29) is 47.2 Å². The Bertz CT molecular complexity index is 1600. The van der Waals surface area contributed by atoms with Crippen LogP contribution in [-0.4, -0.2) is 209 Å². The predicted molar refractivity (Wildman–Crippen MR) is 220 cm³/mol. The van der Waals surface area contributed by atoms with Gasteiger partial charge in [-0.15, -0.1) is 0 Å². The lowest BCUT2D eigenvalue weighted by atomic mass is 9.44. The molecule has 0 aromatic rings. The van der Waals surface area contributed by atoms with E-state index >= 15 is 0 Å². The highest BCUT2D eigenvalue weighted by molar-refractivity contribution is 5.15. The molecule has 4 saturated carbocycles. The van der Waals surface area contributed by atoms with Gasteiger partial charge in [-0.3, -0.25) is 0 Å². The number of hydrogen-bond donors (Lipinski definition) is 13. The number of hydrogen-bond acceptors (Lipinski definition) is 20. The van der Waals surface area contributed by atoms with Crippen LogP contribution < -0.4 is 0 Å². The lowest BCUT2D eigenvalue weighted by Crippen LogP contribution is -2.65. The molecule has 8 rings (SSSR count). The molecule has 0 aromatic heterocycles. The summed E-state index contributed by atoms with van der Waals surface area (Å²) in [4.78, 5) is 0. The van der Waals surface area contributed by atoms with Crippen LogP contribution in [0.3, 0.4) is 0 Å². The minimum Gasteiger partial charge on any atom is -0.394 e. The molecule has 0 amide bonds. The Morgan fingerprint density at radius 2 is 1.23 bits per heavy atom. The Morgan fingerprint density at radius 3 is 1.86 bits per heavy atom. The van der Waals surface area contributed by atoms with Crippen molar-refractivity contribution in [3.05, 3.63) is 0 Å². The molecule has 376 valence electrons. The second-order valence-electron chi connectivity index (χ2n) is 21.6. The van der Waals surface area contributed by atoms with Gasteiger partial charge in [-0.05, 0) is 97.7 Å². The largest absolute Gasteiger partial charge is 0.394 e. The maximum atomic E-state index is 12.1. The summed E-state index contributed by atoms with van der Waals surface area (Å²) in [5.41, 5.74) is -0.302. The summed E-state index contributed by atoms with van der Waals surface area (Å²) in [7, 11) is 0. The van der Waals surface area contributed by atoms with E-state index in [0.717, 1.165) is 32.1 Å². The molecule has 4 aliphatic heterocycles. The number of aliphatic hydroxyl groups excluding tert-OH is 12. The standard InChI is InChI=1S/C45H76O20/c1-18(17-59-40-37(56)34(53)31(50)27(14-46)61-40)7-10-45(58)19(2)30-26(65-45)12-23-21-6-5-20-11-25(24(49)13-44(20,4)22(21)8-9-43(23,30)3)60-42-39(36(55)33(52)29(16-48)63-42)64-41-38(57)35(54)32(51)28(15-47)62-41/h18-42,46-58H,5-17H2,1-4H3. The van der Waals surface area contributed by atoms with Crippen molar-refractivity contribution in [1.82, 2.24) is 0 Å². The van der Waals surface area contributed by atoms with Gasteiger partial charge in [-0.2, -0.15) is 0 Å². The fourth-order valence-electron chi connectivity index (χ4n) is 14.2. The third-order valence-electron chi connectivity index (χ3n) is 18.0. The summed E-state index contributed by atoms with van der Waals surface area (Å²) in [6.07, 6.45) is -18.0. The summed E-state index contributed by atoms with van der Waals surface area (Å²) in [5.74, 6) is -0.194. The maximum absolute atomic E-state index is 12.1. The maximum Gasteiger partial charge on any atom is 0.187 e. The predicted octanol–water partition coefficient (Wildman–Crippen LogP) is -2.81. The van der Waals surface area contributed by atoms with Gasteiger partial charge in [0.25, 0.3) is 0 Å². The van der Waals surface area contributed by atoms with E-state index in [1.807, 2.05) is 6.92 Å². The van der Waals surface area contributed by atoms with Gasteiger partial charge in [0.1, 0.15) is 73.2 Å². The highest BCUT2D eigenvalue weighted by Crippen LogP contribution is 2.71. The lowest BCUT2D eigenvalue weighted by Gasteiger charge is -2.62. The van der Waals surface area contributed by atoms with E-state index in [2.05, 4.69) is 20.8 Å². The van der Waals surface area contributed by atoms with Gasteiger partial charge in [0, 0.05) is 12.3 Å². The molecule has 13 N–H and O–H groups in total. The molecule has 20 nitrogen and oxygen atoms in total. The van der Waals surface area contributed by atoms with Crippen molar-refractivity contribution in [1.29, 1.82) is 0 Å². The Hall–Kier alpha value is -0.800. The topological polar surface area (TPSA) is 328 Å². The smallest absolute Gasteiger partial charge is 0.187 e. The molecule has 0 bridgehead atoms. The molecular weight excluding hydrogens is 860 g/mol. The normalized spacial score (nSPS) is 56.1. The Labute approximate surface area is 379 Å². The Kier molecular flexibility index (Phi) is 15.1. The van der Waals surface area contributed by atoms with Crippen molar-refractivity contribution < 1.29 is 99.5 Å². The number of ether oxygens (including phenoxy) is 7. The van der Waals surface area contributed by atoms with Crippen LogP contribution >= 0.6 is 0 Å². The molecule has 4 aliphatic carbocycles. The first-order valence-electron chi connectivity index (χ1n) is 23.9. The molecule has 8 fully saturated rings. The first-order chi connectivity index (χ1) is 30.7. The third kappa shape index (κ3) is 8.89. The van der Waals surface area contributed by atoms with Gasteiger partial charge >= 0.3 is 0 Å². The van der Waals surface area contributed by atoms with Crippen molar-refractivity contribution in [2.45, 2.75) is 202 Å². The van der Waals surface area contributed by atoms with Gasteiger partial charge in [-0.1, -0.05) is 27.7 Å². The van der Waals surface area contributed by atoms with E-state index in [1.54, 1.807) is 0 Å². The van der Waals surface area contributed by atoms with Crippen LogP contribution in [0.4, 0.5) is 0 Å². The van der Waals surface area contributed by atoms with Crippen molar-refractivity contribution in [2.75, 3.05) is 26.4 Å². The summed E-state index contributed by atoms with van der Waals surface area (Å²) < 4.78 is 41.7. The highest BCUT2D eigenvalue weighted by atomic mass is 16.8. The van der Waals surface area contributed by atoms with Gasteiger partial charge in [0.2, 0.25) is 0 Å². The zero-order chi connectivity index (χ0) is 47.1. The highest BCUT2D eigenvalue weighted by Gasteiger charge is 2.69. The van der Waals surface area contributed by atoms with Crippen molar-refractivity contribution >= 4 is 0 Å². The molecular formula is C45H76O20. The van der Waals surface area contributed by atoms with Crippen molar-refractivity contribution in [3.63, 3.8) is 0 Å². The second kappa shape index (κ2) is 19.4. The number of fused-ring (bicyclic) bond motifs is 7. The van der Waals surface area contributed by atoms with Crippen LogP contribution in [0.1, 0.15) is 85.5 Å². The molecule has 28 unspecified atom stereocenters. The molecule has 0 aromatic carbocycles. The fourth-order valence-corrected chi connectivity index (χ4v) is 14.2. The lowest BCUT2D eigenvalue weighted by molar-refractivity contribution is -0.376. The average Bonchev–Trinajstić information content (AvgIpc) is 3.72. The van der Waals surface area contributed by atoms with Crippen LogP contribution in [0.15, 0.2) is 0 Å². The minimum absolute atomic E-state index is 0.0708. The zero-order valence-corrected chi connectivity index (χ0v) is 37.8. The van der Waals surface area contributed by atoms with Gasteiger partial charge < -0.3 is 99.5 Å². The van der Waals surface area contributed by atoms with E-state index < -0.39 is 130 Å². The number of aliphatic hydroxyl groups is 13. The van der Waals surface area contributed by atoms with Crippen LogP contribution in [0.5, 0.6) is 0 Å². The Balaban J connectivity index is 0.885. The summed E-state index contributed by atoms with van der Waals surface area (Å²) in [5, 5.41) is 137. The molecule has 65 heavy (non-hydrogen) atoms. The third-order valence-corrected chi connectivity index (χ3v) is 18.0. The average molecular weight is 937 g/mol. The van der Waals surface area contributed by atoms with Crippen LogP contribution in [-0.2, 0) is 33.2 Å². The molecule has 20 heteroatoms. The minimum atomic E-state index is -1.81. The SMILES string of the molecule is CC(CCC1(O)OC2CC3C4CCC5CC(OC6OC(CO)C(O)C(O)C6OC6OC(CO)C(O)C(O)C6O)C(O)CC5(C)C4CCC3(C)C2C1C)COC1OC(CO)C(O)C(O)C1O. The van der Waals surface area contributed by atoms with E-state index in [4.69, 9.17) is 33.2 Å². The van der Waals surface area contributed by atoms with Crippen LogP contribution in [0.25, 0.3) is 0 Å². The first kappa shape index (κ1) is 50.6. The quantitative estimate of drug-likeness (QED) is 0.0829. The van der Waals surface area contributed by atoms with E-state index in [1.165, 1.54) is 0 Å². The summed E-state index contributed by atoms with van der Waals surface area (Å²) in [6, 6.07) is 0. The summed E-state index contributed by atoms with van der Waals surface area (Å²) in [6.45, 7) is 6.91. The fraction of sp³-hybridized carbons (Fsp3) is 1.00. The van der Waals surface area contributed by atoms with Gasteiger partial charge in [0.15, 0.2) is 24.7 Å². The Morgan fingerprint density at radius 1 is 0.646 bits per heavy atom. The number of rotatable bonds is 13. The monoisotopic (exact) mass is 936 g/mol. The van der Waals surface area contributed by atoms with E-state index in [0.29, 0.717) is 43.4 Å². The molecule has 0 spiro atoms. The van der Waals surface area contributed by atoms with Gasteiger partial charge in [-0.25, -0.2) is 0 Å². The van der Waals surface area contributed by atoms with Crippen LogP contribution in [0, 0.1) is 52.3 Å². The van der Waals surface area contributed by atoms with Crippen molar-refractivity contribution in [2.24, 2.45) is 52.3 Å². The second-order valence-corrected chi connectivity index (χ2v) is 21.6. The summed E-state index contributed by atoms with van der Waals surface area (Å²) >= 11 is 0. The van der Waals surface area contributed by atoms with E-state index in [9.17, 15) is 66.4 Å². The molecule has 4 saturated heterocycles. The molecule has 8 aliphatic rings. The molecule has 28 atom stereocenters. The molecule has 0 radical (unpaired) electrons. The zero-order valence-electron chi connectivity index (χ0n) is 37.8. The van der Waals surface area contributed by atoms with Crippen LogP contribution in [0.2, 0.25) is 0 Å². The van der Waals surface area contributed by atoms with Gasteiger partial charge in [0.05, 0.1) is 44.7 Å².